The molecule has 2 saturated heterocycles. The van der Waals surface area contributed by atoms with Crippen molar-refractivity contribution in [3.05, 3.63) is 11.6 Å². The van der Waals surface area contributed by atoms with E-state index in [-0.39, 0.29) is 6.61 Å². The Kier molecular flexibility index (Phi) is 3.15. The predicted octanol–water partition coefficient (Wildman–Crippen LogP) is -0.267. The number of hydrogen-bond acceptors (Lipinski definition) is 7. The molecule has 24 heavy (non-hydrogen) atoms. The van der Waals surface area contributed by atoms with Gasteiger partial charge in [0.25, 0.3) is 0 Å². The van der Waals surface area contributed by atoms with Crippen molar-refractivity contribution in [2.75, 3.05) is 13.2 Å². The molecule has 4 aliphatic rings. The lowest BCUT2D eigenvalue weighted by Gasteiger charge is -2.58. The van der Waals surface area contributed by atoms with E-state index < -0.39 is 52.6 Å². The van der Waals surface area contributed by atoms with Crippen molar-refractivity contribution < 1.29 is 34.0 Å². The second kappa shape index (κ2) is 4.66. The van der Waals surface area contributed by atoms with Gasteiger partial charge >= 0.3 is 5.97 Å². The van der Waals surface area contributed by atoms with Crippen molar-refractivity contribution in [1.82, 2.24) is 0 Å². The van der Waals surface area contributed by atoms with Crippen molar-refractivity contribution in [3.8, 4) is 0 Å². The van der Waals surface area contributed by atoms with Gasteiger partial charge in [-0.2, -0.15) is 0 Å². The summed E-state index contributed by atoms with van der Waals surface area (Å²) >= 11 is 0. The van der Waals surface area contributed by atoms with Gasteiger partial charge in [0.1, 0.15) is 24.4 Å². The lowest BCUT2D eigenvalue weighted by atomic mass is 9.50. The average Bonchev–Trinajstić information content (AvgIpc) is 3.27. The number of epoxide rings is 1. The molecule has 0 aromatic rings. The maximum Gasteiger partial charge on any atom is 0.302 e. The van der Waals surface area contributed by atoms with Crippen LogP contribution < -0.4 is 0 Å². The summed E-state index contributed by atoms with van der Waals surface area (Å²) in [5.41, 5.74) is -2.27. The van der Waals surface area contributed by atoms with E-state index in [0.29, 0.717) is 18.6 Å². The zero-order valence-corrected chi connectivity index (χ0v) is 13.9. The number of rotatable bonds is 2. The molecule has 2 aliphatic carbocycles. The van der Waals surface area contributed by atoms with Crippen LogP contribution in [0.5, 0.6) is 0 Å². The fourth-order valence-corrected chi connectivity index (χ4v) is 5.21. The molecule has 7 atom stereocenters. The highest BCUT2D eigenvalue weighted by Crippen LogP contribution is 2.71. The quantitative estimate of drug-likeness (QED) is 0.527. The Morgan fingerprint density at radius 2 is 2.12 bits per heavy atom. The average molecular weight is 338 g/mol. The zero-order chi connectivity index (χ0) is 17.5. The van der Waals surface area contributed by atoms with Crippen LogP contribution in [0.1, 0.15) is 27.2 Å². The Balaban J connectivity index is 1.89. The highest BCUT2D eigenvalue weighted by molar-refractivity contribution is 6.00. The summed E-state index contributed by atoms with van der Waals surface area (Å²) < 4.78 is 17.1. The smallest absolute Gasteiger partial charge is 0.302 e. The van der Waals surface area contributed by atoms with E-state index in [4.69, 9.17) is 14.2 Å². The van der Waals surface area contributed by atoms with Gasteiger partial charge in [-0.1, -0.05) is 6.92 Å². The van der Waals surface area contributed by atoms with Crippen LogP contribution in [0, 0.1) is 10.8 Å². The van der Waals surface area contributed by atoms with Gasteiger partial charge in [-0.3, -0.25) is 9.59 Å². The Bertz CT molecular complexity index is 651. The van der Waals surface area contributed by atoms with Crippen LogP contribution in [0.15, 0.2) is 11.6 Å². The van der Waals surface area contributed by atoms with Crippen molar-refractivity contribution in [2.45, 2.75) is 57.2 Å². The summed E-state index contributed by atoms with van der Waals surface area (Å²) in [5, 5.41) is 21.4. The van der Waals surface area contributed by atoms with Gasteiger partial charge in [-0.25, -0.2) is 0 Å². The molecule has 0 amide bonds. The van der Waals surface area contributed by atoms with Crippen molar-refractivity contribution in [2.24, 2.45) is 10.8 Å². The normalized spacial score (nSPS) is 52.0. The van der Waals surface area contributed by atoms with Crippen LogP contribution in [-0.4, -0.2) is 65.2 Å². The fraction of sp³-hybridized carbons (Fsp3) is 0.765. The molecule has 1 saturated carbocycles. The van der Waals surface area contributed by atoms with Crippen LogP contribution in [0.25, 0.3) is 0 Å². The van der Waals surface area contributed by atoms with Crippen LogP contribution in [0.3, 0.4) is 0 Å². The summed E-state index contributed by atoms with van der Waals surface area (Å²) in [6, 6.07) is 0. The van der Waals surface area contributed by atoms with Gasteiger partial charge in [0.05, 0.1) is 24.2 Å². The first-order chi connectivity index (χ1) is 11.2. The minimum Gasteiger partial charge on any atom is -0.465 e. The number of aliphatic hydroxyl groups is 2. The van der Waals surface area contributed by atoms with E-state index in [1.165, 1.54) is 6.92 Å². The number of ether oxygens (including phenoxy) is 3. The third kappa shape index (κ3) is 1.61. The molecule has 7 heteroatoms. The number of ketones is 1. The molecule has 2 bridgehead atoms. The molecule has 4 rings (SSSR count). The SMILES string of the molecule is CC(=O)OC[C@]12C(O)C(=O)C(C)=C[C@H]1O[C@@H]1[C@@H](O)C[C@@]2(C)[C@]12CO2. The fourth-order valence-electron chi connectivity index (χ4n) is 5.21. The van der Waals surface area contributed by atoms with Crippen LogP contribution in [0.4, 0.5) is 0 Å². The minimum absolute atomic E-state index is 0.162. The number of Topliss-reactive ketones (excluding diaryl/α,β-unsaturated/α-hetero) is 1. The van der Waals surface area contributed by atoms with E-state index in [2.05, 4.69) is 0 Å². The van der Waals surface area contributed by atoms with Gasteiger partial charge in [-0.15, -0.1) is 0 Å². The van der Waals surface area contributed by atoms with Gasteiger partial charge in [0.15, 0.2) is 5.78 Å². The monoisotopic (exact) mass is 338 g/mol. The number of carbonyl (C=O) groups excluding carboxylic acids is 2. The molecule has 0 radical (unpaired) electrons. The van der Waals surface area contributed by atoms with E-state index in [0.717, 1.165) is 0 Å². The van der Waals surface area contributed by atoms with Gasteiger partial charge in [-0.05, 0) is 25.0 Å². The zero-order valence-electron chi connectivity index (χ0n) is 13.9. The summed E-state index contributed by atoms with van der Waals surface area (Å²) in [6.07, 6.45) is -1.30. The summed E-state index contributed by atoms with van der Waals surface area (Å²) in [5.74, 6) is -0.900. The number of esters is 1. The summed E-state index contributed by atoms with van der Waals surface area (Å²) in [6.45, 7) is 5.04. The number of fused-ring (bicyclic) bond motifs is 2. The van der Waals surface area contributed by atoms with Gasteiger partial charge in [0, 0.05) is 12.3 Å². The topological polar surface area (TPSA) is 106 Å². The first-order valence-electron chi connectivity index (χ1n) is 8.21. The molecule has 7 nitrogen and oxygen atoms in total. The van der Waals surface area contributed by atoms with Gasteiger partial charge < -0.3 is 24.4 Å². The standard InChI is InChI=1S/C17H22O7/c1-8-4-11-16(6-22-9(2)18,13(21)12(8)20)15(3)5-10(19)14(24-11)17(15)7-23-17/h4,10-11,13-14,19,21H,5-7H2,1-3H3/t10-,11+,13?,14+,15+,16+,17-/m0/s1. The third-order valence-electron chi connectivity index (χ3n) is 6.68. The van der Waals surface area contributed by atoms with E-state index >= 15 is 0 Å². The molecule has 132 valence electrons. The second-order valence-electron chi connectivity index (χ2n) is 7.70. The Morgan fingerprint density at radius 3 is 2.71 bits per heavy atom. The summed E-state index contributed by atoms with van der Waals surface area (Å²) in [4.78, 5) is 24.0. The van der Waals surface area contributed by atoms with Crippen LogP contribution in [0.2, 0.25) is 0 Å². The maximum absolute atomic E-state index is 12.5. The Morgan fingerprint density at radius 1 is 1.46 bits per heavy atom. The van der Waals surface area contributed by atoms with Crippen LogP contribution in [-0.2, 0) is 23.8 Å². The lowest BCUT2D eigenvalue weighted by Crippen LogP contribution is -2.70. The van der Waals surface area contributed by atoms with Crippen molar-refractivity contribution in [3.63, 3.8) is 0 Å². The molecule has 0 aromatic heterocycles. The molecule has 2 heterocycles. The van der Waals surface area contributed by atoms with Crippen LogP contribution >= 0.6 is 0 Å². The minimum atomic E-state index is -1.39. The second-order valence-corrected chi connectivity index (χ2v) is 7.70. The highest BCUT2D eigenvalue weighted by atomic mass is 16.6. The highest BCUT2D eigenvalue weighted by Gasteiger charge is 2.83. The maximum atomic E-state index is 12.5. The Labute approximate surface area is 139 Å². The number of hydrogen-bond donors (Lipinski definition) is 2. The Hall–Kier alpha value is -1.28. The number of aliphatic hydroxyl groups excluding tert-OH is 2. The first kappa shape index (κ1) is 16.2. The molecule has 0 aromatic carbocycles. The molecular weight excluding hydrogens is 316 g/mol. The molecule has 1 spiro atoms. The van der Waals surface area contributed by atoms with Crippen molar-refractivity contribution in [1.29, 1.82) is 0 Å². The number of carbonyl (C=O) groups is 2. The summed E-state index contributed by atoms with van der Waals surface area (Å²) in [7, 11) is 0. The van der Waals surface area contributed by atoms with E-state index in [1.807, 2.05) is 6.92 Å². The van der Waals surface area contributed by atoms with Crippen molar-refractivity contribution >= 4 is 11.8 Å². The molecule has 2 aliphatic heterocycles. The first-order valence-corrected chi connectivity index (χ1v) is 8.21. The largest absolute Gasteiger partial charge is 0.465 e. The molecule has 2 N–H and O–H groups in total. The van der Waals surface area contributed by atoms with E-state index in [1.54, 1.807) is 13.0 Å². The van der Waals surface area contributed by atoms with E-state index in [9.17, 15) is 19.8 Å². The molecular formula is C17H22O7. The molecule has 3 fully saturated rings. The predicted molar refractivity (Wildman–Crippen MR) is 79.9 cm³/mol. The lowest BCUT2D eigenvalue weighted by molar-refractivity contribution is -0.247. The molecule has 1 unspecified atom stereocenters. The van der Waals surface area contributed by atoms with Gasteiger partial charge in [0.2, 0.25) is 0 Å². The third-order valence-corrected chi connectivity index (χ3v) is 6.68.